The Morgan fingerprint density at radius 1 is 1.47 bits per heavy atom. The number of ether oxygens (including phenoxy) is 1. The van der Waals surface area contributed by atoms with E-state index in [9.17, 15) is 4.79 Å². The summed E-state index contributed by atoms with van der Waals surface area (Å²) in [5.74, 6) is 0.643. The molecule has 0 bridgehead atoms. The normalized spacial score (nSPS) is 12.3. The summed E-state index contributed by atoms with van der Waals surface area (Å²) in [6.45, 7) is 1.93. The van der Waals surface area contributed by atoms with Gasteiger partial charge in [-0.05, 0) is 18.1 Å². The summed E-state index contributed by atoms with van der Waals surface area (Å²) >= 11 is 11.9. The third kappa shape index (κ3) is 2.86. The van der Waals surface area contributed by atoms with E-state index in [1.807, 2.05) is 6.92 Å². The number of benzene rings is 1. The first-order valence-electron chi connectivity index (χ1n) is 4.56. The van der Waals surface area contributed by atoms with E-state index in [0.717, 1.165) is 11.8 Å². The van der Waals surface area contributed by atoms with Gasteiger partial charge in [-0.3, -0.25) is 0 Å². The Morgan fingerprint density at radius 2 is 2.13 bits per heavy atom. The fraction of sp³-hybridized carbons (Fsp3) is 0.364. The monoisotopic (exact) mass is 246 g/mol. The Bertz CT molecular complexity index is 364. The van der Waals surface area contributed by atoms with E-state index in [1.54, 1.807) is 19.2 Å². The van der Waals surface area contributed by atoms with Crippen LogP contribution in [0, 0.1) is 0 Å². The highest BCUT2D eigenvalue weighted by molar-refractivity contribution is 6.35. The molecule has 0 aromatic heterocycles. The fourth-order valence-electron chi connectivity index (χ4n) is 1.43. The molecule has 0 fully saturated rings. The van der Waals surface area contributed by atoms with Crippen molar-refractivity contribution in [3.05, 3.63) is 27.7 Å². The summed E-state index contributed by atoms with van der Waals surface area (Å²) in [6, 6.07) is 3.40. The number of methoxy groups -OCH3 is 1. The van der Waals surface area contributed by atoms with E-state index >= 15 is 0 Å². The van der Waals surface area contributed by atoms with E-state index < -0.39 is 0 Å². The first-order valence-corrected chi connectivity index (χ1v) is 5.32. The Labute approximate surface area is 99.1 Å². The average molecular weight is 247 g/mol. The van der Waals surface area contributed by atoms with Gasteiger partial charge in [0.25, 0.3) is 0 Å². The topological polar surface area (TPSA) is 26.3 Å². The van der Waals surface area contributed by atoms with Gasteiger partial charge in [0.05, 0.1) is 12.1 Å². The number of hydrogen-bond donors (Lipinski definition) is 0. The molecule has 1 unspecified atom stereocenters. The molecular weight excluding hydrogens is 235 g/mol. The summed E-state index contributed by atoms with van der Waals surface area (Å²) in [7, 11) is 1.55. The van der Waals surface area contributed by atoms with Gasteiger partial charge in [0.1, 0.15) is 12.0 Å². The zero-order valence-corrected chi connectivity index (χ0v) is 10.1. The fourth-order valence-corrected chi connectivity index (χ4v) is 2.02. The zero-order chi connectivity index (χ0) is 11.4. The lowest BCUT2D eigenvalue weighted by Crippen LogP contribution is -1.99. The van der Waals surface area contributed by atoms with Crippen molar-refractivity contribution >= 4 is 29.5 Å². The number of hydrogen-bond acceptors (Lipinski definition) is 2. The molecule has 0 spiro atoms. The lowest BCUT2D eigenvalue weighted by atomic mass is 9.97. The van der Waals surface area contributed by atoms with Crippen LogP contribution in [0.25, 0.3) is 0 Å². The molecule has 1 aromatic rings. The maximum Gasteiger partial charge on any atom is 0.141 e. The first-order chi connectivity index (χ1) is 7.10. The molecule has 0 aliphatic rings. The van der Waals surface area contributed by atoms with Gasteiger partial charge in [0, 0.05) is 17.0 Å². The summed E-state index contributed by atoms with van der Waals surface area (Å²) in [6.07, 6.45) is 1.30. The second kappa shape index (κ2) is 5.38. The maximum atomic E-state index is 10.5. The Morgan fingerprint density at radius 3 is 2.67 bits per heavy atom. The van der Waals surface area contributed by atoms with Crippen molar-refractivity contribution in [2.24, 2.45) is 0 Å². The molecule has 2 nitrogen and oxygen atoms in total. The van der Waals surface area contributed by atoms with Crippen molar-refractivity contribution in [2.45, 2.75) is 19.3 Å². The van der Waals surface area contributed by atoms with Crippen LogP contribution in [0.1, 0.15) is 24.8 Å². The molecule has 0 aliphatic carbocycles. The minimum atomic E-state index is 0.0497. The molecule has 0 aliphatic heterocycles. The lowest BCUT2D eigenvalue weighted by Gasteiger charge is -2.15. The predicted molar refractivity (Wildman–Crippen MR) is 62.1 cm³/mol. The standard InChI is InChI=1S/C11H12Cl2O2/c1-7(3-4-14)9-5-8(12)6-10(13)11(9)15-2/h4-7H,3H2,1-2H3. The highest BCUT2D eigenvalue weighted by atomic mass is 35.5. The first kappa shape index (κ1) is 12.3. The van der Waals surface area contributed by atoms with Gasteiger partial charge in [0.2, 0.25) is 0 Å². The molecule has 0 saturated carbocycles. The molecule has 0 saturated heterocycles. The van der Waals surface area contributed by atoms with Crippen LogP contribution in [-0.2, 0) is 4.79 Å². The van der Waals surface area contributed by atoms with Gasteiger partial charge in [-0.1, -0.05) is 30.1 Å². The van der Waals surface area contributed by atoms with Gasteiger partial charge in [0.15, 0.2) is 0 Å². The van der Waals surface area contributed by atoms with E-state index in [1.165, 1.54) is 0 Å². The second-order valence-corrected chi connectivity index (χ2v) is 4.16. The van der Waals surface area contributed by atoms with E-state index in [2.05, 4.69) is 0 Å². The molecule has 0 radical (unpaired) electrons. The highest BCUT2D eigenvalue weighted by Gasteiger charge is 2.15. The number of halogens is 2. The smallest absolute Gasteiger partial charge is 0.141 e. The van der Waals surface area contributed by atoms with Crippen molar-refractivity contribution in [2.75, 3.05) is 7.11 Å². The number of carbonyl (C=O) groups is 1. The maximum absolute atomic E-state index is 10.5. The van der Waals surface area contributed by atoms with Crippen LogP contribution in [-0.4, -0.2) is 13.4 Å². The summed E-state index contributed by atoms with van der Waals surface area (Å²) in [5.41, 5.74) is 0.863. The van der Waals surface area contributed by atoms with Crippen molar-refractivity contribution in [3.63, 3.8) is 0 Å². The van der Waals surface area contributed by atoms with Gasteiger partial charge in [-0.2, -0.15) is 0 Å². The van der Waals surface area contributed by atoms with E-state index in [-0.39, 0.29) is 5.92 Å². The summed E-state index contributed by atoms with van der Waals surface area (Å²) in [5, 5.41) is 1.02. The number of carbonyl (C=O) groups excluding carboxylic acids is 1. The van der Waals surface area contributed by atoms with E-state index in [0.29, 0.717) is 22.2 Å². The molecule has 4 heteroatoms. The van der Waals surface area contributed by atoms with Crippen LogP contribution >= 0.6 is 23.2 Å². The van der Waals surface area contributed by atoms with Crippen LogP contribution in [0.3, 0.4) is 0 Å². The molecule has 0 N–H and O–H groups in total. The SMILES string of the molecule is COc1c(Cl)cc(Cl)cc1C(C)CC=O. The molecule has 1 rings (SSSR count). The average Bonchev–Trinajstić information content (AvgIpc) is 2.17. The van der Waals surface area contributed by atoms with Crippen LogP contribution in [0.15, 0.2) is 12.1 Å². The Hall–Kier alpha value is -0.730. The quantitative estimate of drug-likeness (QED) is 0.758. The number of rotatable bonds is 4. The van der Waals surface area contributed by atoms with E-state index in [4.69, 9.17) is 27.9 Å². The zero-order valence-electron chi connectivity index (χ0n) is 8.59. The van der Waals surface area contributed by atoms with Gasteiger partial charge < -0.3 is 9.53 Å². The van der Waals surface area contributed by atoms with Gasteiger partial charge in [-0.15, -0.1) is 0 Å². The van der Waals surface area contributed by atoms with Crippen molar-refractivity contribution in [3.8, 4) is 5.75 Å². The van der Waals surface area contributed by atoms with Crippen molar-refractivity contribution in [1.29, 1.82) is 0 Å². The van der Waals surface area contributed by atoms with Crippen LogP contribution in [0.4, 0.5) is 0 Å². The van der Waals surface area contributed by atoms with Crippen molar-refractivity contribution < 1.29 is 9.53 Å². The molecule has 82 valence electrons. The summed E-state index contributed by atoms with van der Waals surface area (Å²) < 4.78 is 5.19. The Kier molecular flexibility index (Phi) is 4.43. The molecule has 0 amide bonds. The van der Waals surface area contributed by atoms with Crippen LogP contribution in [0.5, 0.6) is 5.75 Å². The Balaban J connectivity index is 3.19. The molecular formula is C11H12Cl2O2. The molecule has 15 heavy (non-hydrogen) atoms. The third-order valence-corrected chi connectivity index (χ3v) is 2.72. The minimum absolute atomic E-state index is 0.0497. The largest absolute Gasteiger partial charge is 0.495 e. The minimum Gasteiger partial charge on any atom is -0.495 e. The van der Waals surface area contributed by atoms with Gasteiger partial charge >= 0.3 is 0 Å². The molecule has 0 heterocycles. The van der Waals surface area contributed by atoms with Crippen molar-refractivity contribution in [1.82, 2.24) is 0 Å². The highest BCUT2D eigenvalue weighted by Crippen LogP contribution is 2.37. The van der Waals surface area contributed by atoms with Crippen LogP contribution in [0.2, 0.25) is 10.0 Å². The third-order valence-electron chi connectivity index (χ3n) is 2.22. The molecule has 1 atom stereocenters. The molecule has 1 aromatic carbocycles. The van der Waals surface area contributed by atoms with Crippen LogP contribution < -0.4 is 4.74 Å². The number of aldehydes is 1. The predicted octanol–water partition coefficient (Wildman–Crippen LogP) is 3.69. The summed E-state index contributed by atoms with van der Waals surface area (Å²) in [4.78, 5) is 10.5. The lowest BCUT2D eigenvalue weighted by molar-refractivity contribution is -0.108. The van der Waals surface area contributed by atoms with Gasteiger partial charge in [-0.25, -0.2) is 0 Å². The second-order valence-electron chi connectivity index (χ2n) is 3.31.